The molecule has 0 aliphatic heterocycles. The third-order valence-corrected chi connectivity index (χ3v) is 13.3. The second kappa shape index (κ2) is 13.0. The lowest BCUT2D eigenvalue weighted by molar-refractivity contribution is 0.755. The molecule has 3 aromatic heterocycles. The Hall–Kier alpha value is -7.08. The van der Waals surface area contributed by atoms with Gasteiger partial charge in [-0.2, -0.15) is 0 Å². The van der Waals surface area contributed by atoms with Gasteiger partial charge in [-0.1, -0.05) is 133 Å². The fraction of sp³-hybridized carbons (Fsp3) is 0.0566. The summed E-state index contributed by atoms with van der Waals surface area (Å²) in [6.45, 7) is 2.11. The normalized spacial score (nSPS) is 15.0. The van der Waals surface area contributed by atoms with Crippen LogP contribution in [0.5, 0.6) is 0 Å². The molecular weight excluding hydrogens is 725 g/mol. The first-order valence-electron chi connectivity index (χ1n) is 19.8. The number of thiophene rings is 1. The minimum atomic E-state index is 0.181. The van der Waals surface area contributed by atoms with Crippen molar-refractivity contribution >= 4 is 31.5 Å². The van der Waals surface area contributed by atoms with Gasteiger partial charge in [-0.3, -0.25) is 4.98 Å². The van der Waals surface area contributed by atoms with Crippen molar-refractivity contribution in [1.82, 2.24) is 19.9 Å². The minimum absolute atomic E-state index is 0.181. The van der Waals surface area contributed by atoms with E-state index < -0.39 is 0 Å². The summed E-state index contributed by atoms with van der Waals surface area (Å²) in [7, 11) is 0. The molecule has 3 aliphatic rings. The molecular formula is C53H34N4S. The van der Waals surface area contributed by atoms with Gasteiger partial charge in [-0.05, 0) is 92.9 Å². The van der Waals surface area contributed by atoms with Gasteiger partial charge in [0.25, 0.3) is 0 Å². The molecule has 0 amide bonds. The number of fused-ring (bicyclic) bond motifs is 3. The summed E-state index contributed by atoms with van der Waals surface area (Å²) in [5, 5.41) is 2.48. The zero-order chi connectivity index (χ0) is 38.3. The molecule has 3 heterocycles. The number of rotatable bonds is 5. The van der Waals surface area contributed by atoms with Crippen LogP contribution in [0.4, 0.5) is 0 Å². The van der Waals surface area contributed by atoms with E-state index in [-0.39, 0.29) is 11.8 Å². The Morgan fingerprint density at radius 3 is 1.66 bits per heavy atom. The van der Waals surface area contributed by atoms with Crippen molar-refractivity contribution in [2.24, 2.45) is 0 Å². The minimum Gasteiger partial charge on any atom is -0.264 e. The number of pyridine rings is 1. The Morgan fingerprint density at radius 2 is 0.948 bits per heavy atom. The smallest absolute Gasteiger partial charge is 0.165 e. The average molecular weight is 759 g/mol. The zero-order valence-corrected chi connectivity index (χ0v) is 32.4. The number of nitrogens with zero attached hydrogens (tertiary/aromatic N) is 4. The maximum absolute atomic E-state index is 5.16. The summed E-state index contributed by atoms with van der Waals surface area (Å²) in [6.07, 6.45) is 3.89. The van der Waals surface area contributed by atoms with E-state index in [0.29, 0.717) is 17.5 Å². The number of hydrogen-bond acceptors (Lipinski definition) is 5. The highest BCUT2D eigenvalue weighted by Crippen LogP contribution is 2.56. The second-order valence-corrected chi connectivity index (χ2v) is 16.5. The van der Waals surface area contributed by atoms with Gasteiger partial charge in [-0.25, -0.2) is 15.0 Å². The van der Waals surface area contributed by atoms with E-state index in [1.165, 1.54) is 70.2 Å². The van der Waals surface area contributed by atoms with E-state index in [2.05, 4.69) is 158 Å². The molecule has 58 heavy (non-hydrogen) atoms. The summed E-state index contributed by atoms with van der Waals surface area (Å²) in [5.74, 6) is 2.37. The average Bonchev–Trinajstić information content (AvgIpc) is 3.68. The van der Waals surface area contributed by atoms with Crippen LogP contribution < -0.4 is 0 Å². The number of benzene rings is 7. The monoisotopic (exact) mass is 758 g/mol. The first kappa shape index (κ1) is 33.1. The van der Waals surface area contributed by atoms with Crippen LogP contribution in [0.25, 0.3) is 76.6 Å². The van der Waals surface area contributed by atoms with Gasteiger partial charge in [0.1, 0.15) is 0 Å². The summed E-state index contributed by atoms with van der Waals surface area (Å²) in [6, 6.07) is 59.3. The Kier molecular flexibility index (Phi) is 7.41. The standard InChI is InChI=1S/C53H34N4S/c1-31-26-37(30-54-29-31)36-23-25-42-46(28-36)49-40-14-6-5-13-39(40)48(42)45-27-35(22-24-41(45)49)32-18-20-34(21-19-32)52-55-51(33-10-3-2-4-11-33)56-53(57-52)44-16-9-15-43-38-12-7-8-17-47(38)58-50(43)44/h2-30,48-49H,1H3. The number of aryl methyl sites for hydroxylation is 1. The topological polar surface area (TPSA) is 51.6 Å². The zero-order valence-electron chi connectivity index (χ0n) is 31.6. The molecule has 0 N–H and O–H groups in total. The van der Waals surface area contributed by atoms with Crippen LogP contribution in [0.15, 0.2) is 176 Å². The SMILES string of the molecule is Cc1cncc(-c2ccc3c(c2)C2c4ccccc4C3c3cc(-c4ccc(-c5nc(-c6ccccc6)nc(-c6cccc7c6sc6ccccc67)n5)cc4)ccc32)c1. The summed E-state index contributed by atoms with van der Waals surface area (Å²) < 4.78 is 2.44. The second-order valence-electron chi connectivity index (χ2n) is 15.5. The largest absolute Gasteiger partial charge is 0.264 e. The van der Waals surface area contributed by atoms with Crippen molar-refractivity contribution in [3.8, 4) is 56.4 Å². The van der Waals surface area contributed by atoms with Gasteiger partial charge in [0, 0.05) is 66.7 Å². The first-order chi connectivity index (χ1) is 28.6. The quantitative estimate of drug-likeness (QED) is 0.175. The van der Waals surface area contributed by atoms with E-state index in [4.69, 9.17) is 15.0 Å². The maximum atomic E-state index is 5.16. The molecule has 0 fully saturated rings. The molecule has 10 aromatic rings. The Bertz CT molecular complexity index is 3260. The van der Waals surface area contributed by atoms with Crippen LogP contribution in [0.2, 0.25) is 0 Å². The highest BCUT2D eigenvalue weighted by atomic mass is 32.1. The molecule has 2 bridgehead atoms. The molecule has 13 rings (SSSR count). The molecule has 272 valence electrons. The predicted octanol–water partition coefficient (Wildman–Crippen LogP) is 13.3. The van der Waals surface area contributed by atoms with E-state index in [1.54, 1.807) is 11.3 Å². The van der Waals surface area contributed by atoms with Gasteiger partial charge in [-0.15, -0.1) is 11.3 Å². The molecule has 0 spiro atoms. The summed E-state index contributed by atoms with van der Waals surface area (Å²) in [5.41, 5.74) is 17.3. The molecule has 2 unspecified atom stereocenters. The summed E-state index contributed by atoms with van der Waals surface area (Å²) >= 11 is 1.79. The number of aromatic nitrogens is 4. The van der Waals surface area contributed by atoms with Gasteiger partial charge < -0.3 is 0 Å². The lowest BCUT2D eigenvalue weighted by Gasteiger charge is -2.42. The molecule has 5 heteroatoms. The van der Waals surface area contributed by atoms with Crippen molar-refractivity contribution < 1.29 is 0 Å². The van der Waals surface area contributed by atoms with E-state index in [9.17, 15) is 0 Å². The van der Waals surface area contributed by atoms with Gasteiger partial charge in [0.15, 0.2) is 17.5 Å². The van der Waals surface area contributed by atoms with Crippen molar-refractivity contribution in [3.63, 3.8) is 0 Å². The summed E-state index contributed by atoms with van der Waals surface area (Å²) in [4.78, 5) is 19.8. The molecule has 3 aliphatic carbocycles. The fourth-order valence-electron chi connectivity index (χ4n) is 9.37. The maximum Gasteiger partial charge on any atom is 0.165 e. The van der Waals surface area contributed by atoms with Gasteiger partial charge in [0.2, 0.25) is 0 Å². The third-order valence-electron chi connectivity index (χ3n) is 12.0. The van der Waals surface area contributed by atoms with Crippen LogP contribution in [-0.2, 0) is 0 Å². The molecule has 0 saturated heterocycles. The van der Waals surface area contributed by atoms with Crippen molar-refractivity contribution in [1.29, 1.82) is 0 Å². The lowest BCUT2D eigenvalue weighted by Crippen LogP contribution is -2.27. The van der Waals surface area contributed by atoms with Crippen molar-refractivity contribution in [3.05, 3.63) is 215 Å². The molecule has 0 saturated carbocycles. The van der Waals surface area contributed by atoms with Crippen LogP contribution >= 0.6 is 11.3 Å². The molecule has 0 radical (unpaired) electrons. The fourth-order valence-corrected chi connectivity index (χ4v) is 10.6. The van der Waals surface area contributed by atoms with E-state index in [0.717, 1.165) is 27.8 Å². The van der Waals surface area contributed by atoms with Crippen molar-refractivity contribution in [2.45, 2.75) is 18.8 Å². The Labute approximate surface area is 340 Å². The van der Waals surface area contributed by atoms with Gasteiger partial charge >= 0.3 is 0 Å². The Morgan fingerprint density at radius 1 is 0.397 bits per heavy atom. The van der Waals surface area contributed by atoms with Crippen LogP contribution in [0.3, 0.4) is 0 Å². The highest BCUT2D eigenvalue weighted by molar-refractivity contribution is 7.26. The van der Waals surface area contributed by atoms with Crippen molar-refractivity contribution in [2.75, 3.05) is 0 Å². The molecule has 2 atom stereocenters. The third kappa shape index (κ3) is 5.20. The lowest BCUT2D eigenvalue weighted by atomic mass is 9.60. The number of hydrogen-bond donors (Lipinski definition) is 0. The predicted molar refractivity (Wildman–Crippen MR) is 237 cm³/mol. The van der Waals surface area contributed by atoms with Gasteiger partial charge in [0.05, 0.1) is 0 Å². The van der Waals surface area contributed by atoms with E-state index in [1.807, 2.05) is 30.6 Å². The Balaban J connectivity index is 0.934. The van der Waals surface area contributed by atoms with Crippen LogP contribution in [0.1, 0.15) is 50.8 Å². The van der Waals surface area contributed by atoms with Crippen LogP contribution in [-0.4, -0.2) is 19.9 Å². The first-order valence-corrected chi connectivity index (χ1v) is 20.6. The highest BCUT2D eigenvalue weighted by Gasteiger charge is 2.41. The molecule has 7 aromatic carbocycles. The van der Waals surface area contributed by atoms with E-state index >= 15 is 0 Å². The van der Waals surface area contributed by atoms with Crippen LogP contribution in [0, 0.1) is 6.92 Å². The molecule has 4 nitrogen and oxygen atoms in total.